The molecule has 0 amide bonds. The van der Waals surface area contributed by atoms with Crippen molar-refractivity contribution in [2.24, 2.45) is 11.3 Å². The van der Waals surface area contributed by atoms with E-state index in [-0.39, 0.29) is 17.3 Å². The molecule has 2 aliphatic heterocycles. The molecule has 2 aromatic rings. The van der Waals surface area contributed by atoms with Gasteiger partial charge in [0.15, 0.2) is 0 Å². The Morgan fingerprint density at radius 1 is 1.44 bits per heavy atom. The molecule has 2 aromatic heterocycles. The summed E-state index contributed by atoms with van der Waals surface area (Å²) in [5, 5.41) is 1.07. The summed E-state index contributed by atoms with van der Waals surface area (Å²) in [5.74, 6) is 0.648. The minimum Gasteiger partial charge on any atom is -0.469 e. The first kappa shape index (κ1) is 16.3. The largest absolute Gasteiger partial charge is 0.469 e. The van der Waals surface area contributed by atoms with Gasteiger partial charge in [0, 0.05) is 37.9 Å². The Kier molecular flexibility index (Phi) is 4.11. The molecule has 2 aliphatic rings. The molecule has 0 radical (unpaired) electrons. The highest BCUT2D eigenvalue weighted by Crippen LogP contribution is 2.46. The van der Waals surface area contributed by atoms with E-state index in [2.05, 4.69) is 26.8 Å². The van der Waals surface area contributed by atoms with Crippen LogP contribution in [0.2, 0.25) is 0 Å². The van der Waals surface area contributed by atoms with E-state index in [9.17, 15) is 4.79 Å². The summed E-state index contributed by atoms with van der Waals surface area (Å²) in [6.45, 7) is 4.96. The number of H-pyrrole nitrogens is 1. The van der Waals surface area contributed by atoms with E-state index in [1.165, 1.54) is 12.7 Å². The van der Waals surface area contributed by atoms with Crippen molar-refractivity contribution in [3.05, 3.63) is 18.1 Å². The molecule has 0 aliphatic carbocycles. The maximum atomic E-state index is 12.5. The van der Waals surface area contributed by atoms with Crippen LogP contribution in [-0.4, -0.2) is 54.3 Å². The lowest BCUT2D eigenvalue weighted by atomic mass is 9.72. The first-order valence-corrected chi connectivity index (χ1v) is 8.90. The summed E-state index contributed by atoms with van der Waals surface area (Å²) in [5.41, 5.74) is 1.96. The number of nitrogens with zero attached hydrogens (tertiary/aromatic N) is 3. The molecule has 1 spiro atoms. The number of carbonyl (C=O) groups excluding carboxylic acids is 1. The summed E-state index contributed by atoms with van der Waals surface area (Å²) in [6, 6.07) is 0. The second-order valence-electron chi connectivity index (χ2n) is 7.02. The molecule has 1 atom stereocenters. The quantitative estimate of drug-likeness (QED) is 0.857. The fourth-order valence-corrected chi connectivity index (χ4v) is 4.41. The van der Waals surface area contributed by atoms with Gasteiger partial charge in [-0.1, -0.05) is 6.92 Å². The van der Waals surface area contributed by atoms with Crippen LogP contribution >= 0.6 is 0 Å². The summed E-state index contributed by atoms with van der Waals surface area (Å²) in [4.78, 5) is 26.9. The number of aryl methyl sites for hydroxylation is 1. The van der Waals surface area contributed by atoms with Gasteiger partial charge in [-0.2, -0.15) is 0 Å². The third-order valence-corrected chi connectivity index (χ3v) is 5.83. The number of hydrogen-bond donors (Lipinski definition) is 1. The van der Waals surface area contributed by atoms with Crippen LogP contribution in [0.15, 0.2) is 12.5 Å². The standard InChI is InChI=1S/C18H24N4O3/c1-3-12-8-19-15-14(12)16(21-11-20-15)22-9-13(17(23)24-2)18(10-22)4-6-25-7-5-18/h8,11,13H,3-7,9-10H2,1-2H3,(H,19,20,21). The molecule has 25 heavy (non-hydrogen) atoms. The molecule has 7 heteroatoms. The fourth-order valence-electron chi connectivity index (χ4n) is 4.41. The minimum absolute atomic E-state index is 0.0920. The smallest absolute Gasteiger partial charge is 0.311 e. The van der Waals surface area contributed by atoms with Crippen molar-refractivity contribution in [3.63, 3.8) is 0 Å². The molecule has 134 valence electrons. The van der Waals surface area contributed by atoms with Gasteiger partial charge in [-0.25, -0.2) is 9.97 Å². The molecular weight excluding hydrogens is 320 g/mol. The Bertz CT molecular complexity index is 782. The van der Waals surface area contributed by atoms with Crippen LogP contribution in [0.3, 0.4) is 0 Å². The van der Waals surface area contributed by atoms with E-state index in [1.54, 1.807) is 6.33 Å². The molecule has 1 unspecified atom stereocenters. The van der Waals surface area contributed by atoms with Crippen molar-refractivity contribution in [1.82, 2.24) is 15.0 Å². The SMILES string of the molecule is CCc1c[nH]c2ncnc(N3CC(C(=O)OC)C4(CCOCC4)C3)c12. The number of aromatic nitrogens is 3. The van der Waals surface area contributed by atoms with Crippen LogP contribution in [0.25, 0.3) is 11.0 Å². The molecule has 0 bridgehead atoms. The van der Waals surface area contributed by atoms with Gasteiger partial charge in [0.1, 0.15) is 17.8 Å². The lowest BCUT2D eigenvalue weighted by molar-refractivity contribution is -0.150. The van der Waals surface area contributed by atoms with Gasteiger partial charge in [0.2, 0.25) is 0 Å². The van der Waals surface area contributed by atoms with E-state index in [0.29, 0.717) is 19.8 Å². The van der Waals surface area contributed by atoms with Crippen LogP contribution in [0.1, 0.15) is 25.3 Å². The van der Waals surface area contributed by atoms with E-state index >= 15 is 0 Å². The summed E-state index contributed by atoms with van der Waals surface area (Å²) < 4.78 is 10.7. The average molecular weight is 344 g/mol. The average Bonchev–Trinajstić information content (AvgIpc) is 3.23. The number of aromatic amines is 1. The molecule has 0 saturated carbocycles. The van der Waals surface area contributed by atoms with Crippen molar-refractivity contribution < 1.29 is 14.3 Å². The Morgan fingerprint density at radius 2 is 2.24 bits per heavy atom. The maximum Gasteiger partial charge on any atom is 0.311 e. The van der Waals surface area contributed by atoms with Crippen LogP contribution in [0.4, 0.5) is 5.82 Å². The number of esters is 1. The second kappa shape index (κ2) is 6.29. The van der Waals surface area contributed by atoms with Crippen LogP contribution in [-0.2, 0) is 20.7 Å². The number of fused-ring (bicyclic) bond motifs is 1. The van der Waals surface area contributed by atoms with Crippen LogP contribution in [0, 0.1) is 11.3 Å². The zero-order valence-electron chi connectivity index (χ0n) is 14.7. The number of ether oxygens (including phenoxy) is 2. The number of hydrogen-bond acceptors (Lipinski definition) is 6. The van der Waals surface area contributed by atoms with Crippen molar-refractivity contribution in [3.8, 4) is 0 Å². The zero-order valence-corrected chi connectivity index (χ0v) is 14.7. The van der Waals surface area contributed by atoms with Gasteiger partial charge in [-0.05, 0) is 24.8 Å². The topological polar surface area (TPSA) is 80.3 Å². The molecular formula is C18H24N4O3. The van der Waals surface area contributed by atoms with Crippen molar-refractivity contribution in [2.45, 2.75) is 26.2 Å². The Labute approximate surface area is 146 Å². The van der Waals surface area contributed by atoms with Gasteiger partial charge in [-0.3, -0.25) is 4.79 Å². The number of nitrogens with one attached hydrogen (secondary N) is 1. The first-order chi connectivity index (χ1) is 12.2. The first-order valence-electron chi connectivity index (χ1n) is 8.90. The maximum absolute atomic E-state index is 12.5. The lowest BCUT2D eigenvalue weighted by Crippen LogP contribution is -2.40. The van der Waals surface area contributed by atoms with Gasteiger partial charge in [0.25, 0.3) is 0 Å². The number of methoxy groups -OCH3 is 1. The highest BCUT2D eigenvalue weighted by Gasteiger charge is 2.51. The number of anilines is 1. The van der Waals surface area contributed by atoms with Gasteiger partial charge >= 0.3 is 5.97 Å². The van der Waals surface area contributed by atoms with Crippen molar-refractivity contribution >= 4 is 22.8 Å². The Morgan fingerprint density at radius 3 is 2.96 bits per heavy atom. The second-order valence-corrected chi connectivity index (χ2v) is 7.02. The van der Waals surface area contributed by atoms with Gasteiger partial charge < -0.3 is 19.4 Å². The summed E-state index contributed by atoms with van der Waals surface area (Å²) in [7, 11) is 1.47. The summed E-state index contributed by atoms with van der Waals surface area (Å²) in [6.07, 6.45) is 6.26. The van der Waals surface area contributed by atoms with Crippen LogP contribution in [0.5, 0.6) is 0 Å². The predicted octanol–water partition coefficient (Wildman–Crippen LogP) is 1.93. The number of carbonyl (C=O) groups is 1. The van der Waals surface area contributed by atoms with E-state index in [0.717, 1.165) is 42.7 Å². The molecule has 2 fully saturated rings. The molecule has 4 rings (SSSR count). The summed E-state index contributed by atoms with van der Waals surface area (Å²) >= 11 is 0. The van der Waals surface area contributed by atoms with E-state index in [1.807, 2.05) is 6.20 Å². The third kappa shape index (κ3) is 2.57. The normalized spacial score (nSPS) is 22.6. The monoisotopic (exact) mass is 344 g/mol. The zero-order chi connectivity index (χ0) is 17.4. The Hall–Kier alpha value is -2.15. The molecule has 4 heterocycles. The van der Waals surface area contributed by atoms with E-state index in [4.69, 9.17) is 9.47 Å². The van der Waals surface area contributed by atoms with Crippen LogP contribution < -0.4 is 4.90 Å². The van der Waals surface area contributed by atoms with E-state index < -0.39 is 0 Å². The van der Waals surface area contributed by atoms with Gasteiger partial charge in [-0.15, -0.1) is 0 Å². The van der Waals surface area contributed by atoms with Gasteiger partial charge in [0.05, 0.1) is 18.4 Å². The lowest BCUT2D eigenvalue weighted by Gasteiger charge is -2.36. The predicted molar refractivity (Wildman–Crippen MR) is 93.5 cm³/mol. The molecule has 2 saturated heterocycles. The third-order valence-electron chi connectivity index (χ3n) is 5.83. The minimum atomic E-state index is -0.143. The fraction of sp³-hybridized carbons (Fsp3) is 0.611. The highest BCUT2D eigenvalue weighted by atomic mass is 16.5. The van der Waals surface area contributed by atoms with Crippen molar-refractivity contribution in [1.29, 1.82) is 0 Å². The number of rotatable bonds is 3. The molecule has 0 aromatic carbocycles. The van der Waals surface area contributed by atoms with Crippen molar-refractivity contribution in [2.75, 3.05) is 38.3 Å². The molecule has 7 nitrogen and oxygen atoms in total. The molecule has 1 N–H and O–H groups in total. The highest BCUT2D eigenvalue weighted by molar-refractivity contribution is 5.91. The Balaban J connectivity index is 1.75.